The summed E-state index contributed by atoms with van der Waals surface area (Å²) in [7, 11) is 0. The van der Waals surface area contributed by atoms with Gasteiger partial charge in [-0.25, -0.2) is 4.98 Å². The first-order valence-electron chi connectivity index (χ1n) is 5.91. The molecule has 1 unspecified atom stereocenters. The average molecular weight is 208 g/mol. The van der Waals surface area contributed by atoms with E-state index in [4.69, 9.17) is 0 Å². The third kappa shape index (κ3) is 3.02. The molecule has 0 saturated heterocycles. The topological polar surface area (TPSA) is 53.6 Å². The quantitative estimate of drug-likeness (QED) is 0.743. The van der Waals surface area contributed by atoms with Crippen molar-refractivity contribution in [1.29, 1.82) is 0 Å². The Morgan fingerprint density at radius 2 is 2.33 bits per heavy atom. The van der Waals surface area contributed by atoms with Crippen molar-refractivity contribution < 1.29 is 0 Å². The van der Waals surface area contributed by atoms with Gasteiger partial charge in [0.05, 0.1) is 0 Å². The molecule has 0 aromatic carbocycles. The van der Waals surface area contributed by atoms with Crippen molar-refractivity contribution in [1.82, 2.24) is 20.5 Å². The lowest BCUT2D eigenvalue weighted by molar-refractivity contribution is 0.451. The van der Waals surface area contributed by atoms with Crippen LogP contribution in [0, 0.1) is 12.8 Å². The number of nitrogens with zero attached hydrogens (tertiary/aromatic N) is 2. The lowest BCUT2D eigenvalue weighted by atomic mass is 10.1. The number of H-pyrrole nitrogens is 1. The molecule has 2 N–H and O–H groups in total. The SMILES string of the molecule is CCC(NCCc1n[nH]c(C)n1)C1CC1. The lowest BCUT2D eigenvalue weighted by Gasteiger charge is -2.15. The van der Waals surface area contributed by atoms with Crippen molar-refractivity contribution >= 4 is 0 Å². The Balaban J connectivity index is 1.69. The third-order valence-corrected chi connectivity index (χ3v) is 3.03. The second-order valence-corrected chi connectivity index (χ2v) is 4.39. The Bertz CT molecular complexity index is 303. The first-order chi connectivity index (χ1) is 7.29. The van der Waals surface area contributed by atoms with E-state index in [0.29, 0.717) is 6.04 Å². The van der Waals surface area contributed by atoms with Crippen molar-refractivity contribution in [2.24, 2.45) is 5.92 Å². The molecule has 1 heterocycles. The molecule has 0 amide bonds. The minimum atomic E-state index is 0.713. The van der Waals surface area contributed by atoms with E-state index >= 15 is 0 Å². The summed E-state index contributed by atoms with van der Waals surface area (Å²) in [6.45, 7) is 5.18. The minimum Gasteiger partial charge on any atom is -0.313 e. The summed E-state index contributed by atoms with van der Waals surface area (Å²) >= 11 is 0. The highest BCUT2D eigenvalue weighted by molar-refractivity contribution is 4.90. The molecule has 0 bridgehead atoms. The molecule has 2 rings (SSSR count). The second kappa shape index (κ2) is 4.75. The number of hydrogen-bond donors (Lipinski definition) is 2. The second-order valence-electron chi connectivity index (χ2n) is 4.39. The van der Waals surface area contributed by atoms with Crippen LogP contribution in [0.15, 0.2) is 0 Å². The fourth-order valence-electron chi connectivity index (χ4n) is 2.01. The minimum absolute atomic E-state index is 0.713. The molecule has 1 aromatic rings. The fraction of sp³-hybridized carbons (Fsp3) is 0.818. The standard InChI is InChI=1S/C11H20N4/c1-3-10(9-4-5-9)12-7-6-11-13-8(2)14-15-11/h9-10,12H,3-7H2,1-2H3,(H,13,14,15). The van der Waals surface area contributed by atoms with E-state index in [-0.39, 0.29) is 0 Å². The molecule has 4 nitrogen and oxygen atoms in total. The molecule has 0 radical (unpaired) electrons. The van der Waals surface area contributed by atoms with Crippen LogP contribution in [0.25, 0.3) is 0 Å². The molecule has 1 aromatic heterocycles. The van der Waals surface area contributed by atoms with Crippen LogP contribution in [0.2, 0.25) is 0 Å². The Labute approximate surface area is 90.9 Å². The largest absolute Gasteiger partial charge is 0.313 e. The third-order valence-electron chi connectivity index (χ3n) is 3.03. The molecule has 1 aliphatic carbocycles. The van der Waals surface area contributed by atoms with Gasteiger partial charge >= 0.3 is 0 Å². The number of aryl methyl sites for hydroxylation is 1. The van der Waals surface area contributed by atoms with Crippen LogP contribution in [-0.2, 0) is 6.42 Å². The highest BCUT2D eigenvalue weighted by Gasteiger charge is 2.29. The Hall–Kier alpha value is -0.900. The summed E-state index contributed by atoms with van der Waals surface area (Å²) in [6.07, 6.45) is 4.97. The van der Waals surface area contributed by atoms with Crippen molar-refractivity contribution in [3.8, 4) is 0 Å². The van der Waals surface area contributed by atoms with Gasteiger partial charge in [0.1, 0.15) is 5.82 Å². The van der Waals surface area contributed by atoms with Gasteiger partial charge in [-0.1, -0.05) is 6.92 Å². The molecule has 1 atom stereocenters. The van der Waals surface area contributed by atoms with Crippen LogP contribution >= 0.6 is 0 Å². The zero-order valence-corrected chi connectivity index (χ0v) is 9.58. The molecule has 0 spiro atoms. The van der Waals surface area contributed by atoms with Gasteiger partial charge in [-0.3, -0.25) is 5.10 Å². The number of aromatic amines is 1. The van der Waals surface area contributed by atoms with Crippen LogP contribution in [0.4, 0.5) is 0 Å². The molecular weight excluding hydrogens is 188 g/mol. The monoisotopic (exact) mass is 208 g/mol. The van der Waals surface area contributed by atoms with Crippen LogP contribution < -0.4 is 5.32 Å². The highest BCUT2D eigenvalue weighted by atomic mass is 15.2. The summed E-state index contributed by atoms with van der Waals surface area (Å²) in [5, 5.41) is 10.6. The summed E-state index contributed by atoms with van der Waals surface area (Å²) in [5.41, 5.74) is 0. The lowest BCUT2D eigenvalue weighted by Crippen LogP contribution is -2.32. The number of aromatic nitrogens is 3. The number of rotatable bonds is 6. The van der Waals surface area contributed by atoms with Gasteiger partial charge in [0.2, 0.25) is 0 Å². The molecule has 1 saturated carbocycles. The zero-order chi connectivity index (χ0) is 10.7. The first kappa shape index (κ1) is 10.6. The molecule has 0 aliphatic heterocycles. The molecule has 1 aliphatic rings. The predicted octanol–water partition coefficient (Wildman–Crippen LogP) is 1.43. The van der Waals surface area contributed by atoms with Gasteiger partial charge in [-0.05, 0) is 32.1 Å². The van der Waals surface area contributed by atoms with Gasteiger partial charge in [0.15, 0.2) is 5.82 Å². The smallest absolute Gasteiger partial charge is 0.151 e. The molecule has 1 fully saturated rings. The van der Waals surface area contributed by atoms with E-state index < -0.39 is 0 Å². The normalized spacial score (nSPS) is 18.0. The maximum Gasteiger partial charge on any atom is 0.151 e. The van der Waals surface area contributed by atoms with Crippen molar-refractivity contribution in [2.45, 2.75) is 45.6 Å². The Morgan fingerprint density at radius 3 is 2.87 bits per heavy atom. The van der Waals surface area contributed by atoms with E-state index in [1.807, 2.05) is 6.92 Å². The molecule has 4 heteroatoms. The van der Waals surface area contributed by atoms with Gasteiger partial charge < -0.3 is 5.32 Å². The summed E-state index contributed by atoms with van der Waals surface area (Å²) < 4.78 is 0. The molecule has 84 valence electrons. The van der Waals surface area contributed by atoms with E-state index in [1.165, 1.54) is 19.3 Å². The highest BCUT2D eigenvalue weighted by Crippen LogP contribution is 2.33. The van der Waals surface area contributed by atoms with Crippen molar-refractivity contribution in [3.63, 3.8) is 0 Å². The maximum absolute atomic E-state index is 4.29. The van der Waals surface area contributed by atoms with Gasteiger partial charge in [0.25, 0.3) is 0 Å². The van der Waals surface area contributed by atoms with Gasteiger partial charge in [-0.15, -0.1) is 0 Å². The maximum atomic E-state index is 4.29. The summed E-state index contributed by atoms with van der Waals surface area (Å²) in [4.78, 5) is 4.29. The summed E-state index contributed by atoms with van der Waals surface area (Å²) in [6, 6.07) is 0.713. The van der Waals surface area contributed by atoms with Crippen LogP contribution in [0.3, 0.4) is 0 Å². The van der Waals surface area contributed by atoms with E-state index in [9.17, 15) is 0 Å². The molecule has 15 heavy (non-hydrogen) atoms. The van der Waals surface area contributed by atoms with E-state index in [2.05, 4.69) is 27.4 Å². The summed E-state index contributed by atoms with van der Waals surface area (Å²) in [5.74, 6) is 2.76. The van der Waals surface area contributed by atoms with Crippen LogP contribution in [-0.4, -0.2) is 27.8 Å². The van der Waals surface area contributed by atoms with Crippen molar-refractivity contribution in [2.75, 3.05) is 6.54 Å². The number of nitrogens with one attached hydrogen (secondary N) is 2. The predicted molar refractivity (Wildman–Crippen MR) is 59.6 cm³/mol. The number of hydrogen-bond acceptors (Lipinski definition) is 3. The van der Waals surface area contributed by atoms with Gasteiger partial charge in [0, 0.05) is 19.0 Å². The van der Waals surface area contributed by atoms with Gasteiger partial charge in [-0.2, -0.15) is 5.10 Å². The van der Waals surface area contributed by atoms with E-state index in [0.717, 1.165) is 30.5 Å². The molecular formula is C11H20N4. The zero-order valence-electron chi connectivity index (χ0n) is 9.58. The van der Waals surface area contributed by atoms with Crippen LogP contribution in [0.1, 0.15) is 37.8 Å². The fourth-order valence-corrected chi connectivity index (χ4v) is 2.01. The van der Waals surface area contributed by atoms with Crippen LogP contribution in [0.5, 0.6) is 0 Å². The Morgan fingerprint density at radius 1 is 1.53 bits per heavy atom. The van der Waals surface area contributed by atoms with Crippen molar-refractivity contribution in [3.05, 3.63) is 11.6 Å². The first-order valence-corrected chi connectivity index (χ1v) is 5.91. The Kier molecular flexibility index (Phi) is 3.36. The average Bonchev–Trinajstić information content (AvgIpc) is 2.98. The van der Waals surface area contributed by atoms with E-state index in [1.54, 1.807) is 0 Å².